The summed E-state index contributed by atoms with van der Waals surface area (Å²) in [5.74, 6) is -1.21. The van der Waals surface area contributed by atoms with Crippen molar-refractivity contribution < 1.29 is 26.7 Å². The van der Waals surface area contributed by atoms with Crippen molar-refractivity contribution in [3.05, 3.63) is 0 Å². The van der Waals surface area contributed by atoms with Crippen molar-refractivity contribution in [2.75, 3.05) is 24.6 Å². The number of sulfonamides is 1. The zero-order valence-corrected chi connectivity index (χ0v) is 12.7. The van der Waals surface area contributed by atoms with Crippen LogP contribution in [0.3, 0.4) is 0 Å². The lowest BCUT2D eigenvalue weighted by molar-refractivity contribution is -0.138. The Labute approximate surface area is 118 Å². The second kappa shape index (κ2) is 5.61. The number of carboxylic acids is 1. The van der Waals surface area contributed by atoms with Gasteiger partial charge in [0.25, 0.3) is 0 Å². The van der Waals surface area contributed by atoms with Gasteiger partial charge in [-0.3, -0.25) is 4.79 Å². The van der Waals surface area contributed by atoms with E-state index in [1.807, 2.05) is 0 Å². The molecule has 116 valence electrons. The smallest absolute Gasteiger partial charge is 0.303 e. The molecule has 2 aliphatic heterocycles. The van der Waals surface area contributed by atoms with E-state index in [0.29, 0.717) is 12.8 Å². The Morgan fingerprint density at radius 2 is 1.80 bits per heavy atom. The third kappa shape index (κ3) is 3.50. The molecular formula is C11H19NO6S2. The van der Waals surface area contributed by atoms with Crippen molar-refractivity contribution in [3.8, 4) is 0 Å². The van der Waals surface area contributed by atoms with E-state index in [1.165, 1.54) is 4.31 Å². The van der Waals surface area contributed by atoms with Crippen LogP contribution in [0.25, 0.3) is 0 Å². The van der Waals surface area contributed by atoms with Gasteiger partial charge in [-0.25, -0.2) is 21.1 Å². The molecule has 9 heteroatoms. The minimum absolute atomic E-state index is 0.00580. The number of sulfone groups is 1. The number of carbonyl (C=O) groups is 1. The van der Waals surface area contributed by atoms with Crippen molar-refractivity contribution >= 4 is 25.8 Å². The average molecular weight is 325 g/mol. The van der Waals surface area contributed by atoms with Crippen LogP contribution in [0.15, 0.2) is 0 Å². The molecule has 0 radical (unpaired) electrons. The highest BCUT2D eigenvalue weighted by atomic mass is 32.2. The first-order valence-corrected chi connectivity index (χ1v) is 9.94. The topological polar surface area (TPSA) is 109 Å². The van der Waals surface area contributed by atoms with Gasteiger partial charge in [-0.2, -0.15) is 0 Å². The normalized spacial score (nSPS) is 28.5. The van der Waals surface area contributed by atoms with Gasteiger partial charge in [-0.15, -0.1) is 0 Å². The number of hydrogen-bond donors (Lipinski definition) is 1. The Morgan fingerprint density at radius 3 is 2.25 bits per heavy atom. The minimum atomic E-state index is -3.58. The van der Waals surface area contributed by atoms with Crippen LogP contribution in [-0.4, -0.2) is 62.1 Å². The molecule has 0 spiro atoms. The molecule has 2 aliphatic rings. The molecule has 1 unspecified atom stereocenters. The molecule has 20 heavy (non-hydrogen) atoms. The van der Waals surface area contributed by atoms with Crippen LogP contribution in [-0.2, 0) is 24.7 Å². The quantitative estimate of drug-likeness (QED) is 0.759. The van der Waals surface area contributed by atoms with E-state index in [1.54, 1.807) is 0 Å². The number of piperidine rings is 1. The van der Waals surface area contributed by atoms with Gasteiger partial charge in [-0.1, -0.05) is 0 Å². The Hall–Kier alpha value is -0.670. The molecule has 0 aliphatic carbocycles. The molecule has 2 rings (SSSR count). The molecule has 2 fully saturated rings. The summed E-state index contributed by atoms with van der Waals surface area (Å²) in [7, 11) is -6.81. The molecule has 0 amide bonds. The van der Waals surface area contributed by atoms with E-state index in [-0.39, 0.29) is 43.4 Å². The van der Waals surface area contributed by atoms with Gasteiger partial charge < -0.3 is 5.11 Å². The lowest BCUT2D eigenvalue weighted by atomic mass is 9.95. The maximum absolute atomic E-state index is 12.3. The summed E-state index contributed by atoms with van der Waals surface area (Å²) in [6.45, 7) is 0.577. The summed E-state index contributed by atoms with van der Waals surface area (Å²) in [4.78, 5) is 10.6. The Morgan fingerprint density at radius 1 is 1.20 bits per heavy atom. The van der Waals surface area contributed by atoms with Crippen molar-refractivity contribution in [2.24, 2.45) is 5.92 Å². The molecule has 0 aromatic rings. The summed E-state index contributed by atoms with van der Waals surface area (Å²) < 4.78 is 48.8. The average Bonchev–Trinajstić information content (AvgIpc) is 2.70. The summed E-state index contributed by atoms with van der Waals surface area (Å²) in [6, 6.07) is 0. The van der Waals surface area contributed by atoms with Crippen LogP contribution in [0, 0.1) is 5.92 Å². The number of rotatable bonds is 4. The Balaban J connectivity index is 1.97. The third-order valence-electron chi connectivity index (χ3n) is 4.01. The van der Waals surface area contributed by atoms with E-state index >= 15 is 0 Å². The SMILES string of the molecule is O=C(O)CC1CCN(S(=O)(=O)C2CCS(=O)(=O)C2)CC1. The van der Waals surface area contributed by atoms with E-state index < -0.39 is 31.1 Å². The van der Waals surface area contributed by atoms with Gasteiger partial charge in [-0.05, 0) is 25.2 Å². The highest BCUT2D eigenvalue weighted by Crippen LogP contribution is 2.27. The monoisotopic (exact) mass is 325 g/mol. The molecule has 2 heterocycles. The van der Waals surface area contributed by atoms with Crippen LogP contribution in [0.2, 0.25) is 0 Å². The van der Waals surface area contributed by atoms with E-state index in [4.69, 9.17) is 5.11 Å². The Kier molecular flexibility index (Phi) is 4.41. The van der Waals surface area contributed by atoms with Crippen LogP contribution < -0.4 is 0 Å². The first-order chi connectivity index (χ1) is 9.21. The van der Waals surface area contributed by atoms with Crippen molar-refractivity contribution in [3.63, 3.8) is 0 Å². The number of carboxylic acid groups (broad SMARTS) is 1. The van der Waals surface area contributed by atoms with Crippen LogP contribution in [0.4, 0.5) is 0 Å². The summed E-state index contributed by atoms with van der Waals surface area (Å²) in [6.07, 6.45) is 1.27. The minimum Gasteiger partial charge on any atom is -0.481 e. The molecule has 0 aromatic carbocycles. The molecular weight excluding hydrogens is 306 g/mol. The van der Waals surface area contributed by atoms with E-state index in [9.17, 15) is 21.6 Å². The molecule has 1 atom stereocenters. The first-order valence-electron chi connectivity index (χ1n) is 6.62. The van der Waals surface area contributed by atoms with E-state index in [2.05, 4.69) is 0 Å². The largest absolute Gasteiger partial charge is 0.481 e. The molecule has 2 saturated heterocycles. The fraction of sp³-hybridized carbons (Fsp3) is 0.909. The van der Waals surface area contributed by atoms with Crippen LogP contribution >= 0.6 is 0 Å². The standard InChI is InChI=1S/C11H19NO6S2/c13-11(14)7-9-1-4-12(5-2-9)20(17,18)10-3-6-19(15,16)8-10/h9-10H,1-8H2,(H,13,14). The lowest BCUT2D eigenvalue weighted by Gasteiger charge is -2.32. The molecule has 0 bridgehead atoms. The second-order valence-corrected chi connectivity index (χ2v) is 9.95. The summed E-state index contributed by atoms with van der Waals surface area (Å²) in [5.41, 5.74) is 0. The van der Waals surface area contributed by atoms with Crippen molar-refractivity contribution in [1.82, 2.24) is 4.31 Å². The maximum Gasteiger partial charge on any atom is 0.303 e. The maximum atomic E-state index is 12.3. The summed E-state index contributed by atoms with van der Waals surface area (Å²) in [5, 5.41) is 7.89. The van der Waals surface area contributed by atoms with Gasteiger partial charge >= 0.3 is 5.97 Å². The van der Waals surface area contributed by atoms with Gasteiger partial charge in [0.2, 0.25) is 10.0 Å². The zero-order chi connectivity index (χ0) is 15.0. The molecule has 7 nitrogen and oxygen atoms in total. The fourth-order valence-corrected chi connectivity index (χ4v) is 7.38. The highest BCUT2D eigenvalue weighted by Gasteiger charge is 2.41. The second-order valence-electron chi connectivity index (χ2n) is 5.51. The third-order valence-corrected chi connectivity index (χ3v) is 8.32. The van der Waals surface area contributed by atoms with Crippen LogP contribution in [0.1, 0.15) is 25.7 Å². The predicted molar refractivity (Wildman–Crippen MR) is 72.5 cm³/mol. The molecule has 0 aromatic heterocycles. The number of hydrogen-bond acceptors (Lipinski definition) is 5. The van der Waals surface area contributed by atoms with Gasteiger partial charge in [0, 0.05) is 19.5 Å². The van der Waals surface area contributed by atoms with Gasteiger partial charge in [0.1, 0.15) is 0 Å². The Bertz CT molecular complexity index is 574. The zero-order valence-electron chi connectivity index (χ0n) is 11.1. The fourth-order valence-electron chi connectivity index (χ4n) is 2.82. The van der Waals surface area contributed by atoms with Crippen molar-refractivity contribution in [2.45, 2.75) is 30.9 Å². The number of aliphatic carboxylic acids is 1. The van der Waals surface area contributed by atoms with Crippen LogP contribution in [0.5, 0.6) is 0 Å². The first kappa shape index (κ1) is 15.7. The molecule has 1 N–H and O–H groups in total. The van der Waals surface area contributed by atoms with Crippen molar-refractivity contribution in [1.29, 1.82) is 0 Å². The number of nitrogens with zero attached hydrogens (tertiary/aromatic N) is 1. The summed E-state index contributed by atoms with van der Waals surface area (Å²) >= 11 is 0. The van der Waals surface area contributed by atoms with E-state index in [0.717, 1.165) is 0 Å². The lowest BCUT2D eigenvalue weighted by Crippen LogP contribution is -2.44. The van der Waals surface area contributed by atoms with Gasteiger partial charge in [0.05, 0.1) is 16.8 Å². The highest BCUT2D eigenvalue weighted by molar-refractivity contribution is 7.95. The molecule has 0 saturated carbocycles. The van der Waals surface area contributed by atoms with Gasteiger partial charge in [0.15, 0.2) is 9.84 Å². The predicted octanol–water partition coefficient (Wildman–Crippen LogP) is -0.310.